The van der Waals surface area contributed by atoms with Crippen molar-refractivity contribution < 1.29 is 4.52 Å². The van der Waals surface area contributed by atoms with E-state index in [-0.39, 0.29) is 0 Å². The number of nitrogens with zero attached hydrogens (tertiary/aromatic N) is 3. The van der Waals surface area contributed by atoms with E-state index in [0.29, 0.717) is 23.8 Å². The van der Waals surface area contributed by atoms with Crippen LogP contribution in [0.25, 0.3) is 0 Å². The van der Waals surface area contributed by atoms with E-state index < -0.39 is 0 Å². The minimum atomic E-state index is 0.348. The Morgan fingerprint density at radius 1 is 1.60 bits per heavy atom. The summed E-state index contributed by atoms with van der Waals surface area (Å²) in [6.45, 7) is 5.79. The van der Waals surface area contributed by atoms with Crippen molar-refractivity contribution in [1.29, 1.82) is 0 Å². The number of hydrogen-bond donors (Lipinski definition) is 1. The number of piperidine rings is 1. The number of nitrogens with two attached hydrogens (primary N) is 1. The molecule has 0 aliphatic carbocycles. The third-order valence-electron chi connectivity index (χ3n) is 2.96. The van der Waals surface area contributed by atoms with Crippen molar-refractivity contribution in [3.63, 3.8) is 0 Å². The molecule has 1 aromatic rings. The van der Waals surface area contributed by atoms with Gasteiger partial charge in [-0.05, 0) is 26.7 Å². The Labute approximate surface area is 89.6 Å². The van der Waals surface area contributed by atoms with E-state index in [0.717, 1.165) is 25.9 Å². The minimum absolute atomic E-state index is 0.348. The second kappa shape index (κ2) is 4.28. The normalized spacial score (nSPS) is 28.2. The molecule has 0 amide bonds. The van der Waals surface area contributed by atoms with E-state index >= 15 is 0 Å². The highest BCUT2D eigenvalue weighted by molar-refractivity contribution is 4.87. The predicted octanol–water partition coefficient (Wildman–Crippen LogP) is 0.690. The van der Waals surface area contributed by atoms with E-state index in [9.17, 15) is 0 Å². The zero-order chi connectivity index (χ0) is 10.8. The van der Waals surface area contributed by atoms with Crippen LogP contribution in [0, 0.1) is 6.92 Å². The molecule has 0 spiro atoms. The van der Waals surface area contributed by atoms with Gasteiger partial charge in [-0.25, -0.2) is 0 Å². The van der Waals surface area contributed by atoms with E-state index in [2.05, 4.69) is 22.0 Å². The molecule has 0 bridgehead atoms. The SMILES string of the molecule is Cc1noc(CN2CCC(N)CC2C)n1. The molecule has 0 saturated carbocycles. The zero-order valence-corrected chi connectivity index (χ0v) is 9.31. The first kappa shape index (κ1) is 10.6. The Balaban J connectivity index is 1.94. The summed E-state index contributed by atoms with van der Waals surface area (Å²) in [5.74, 6) is 1.40. The van der Waals surface area contributed by atoms with Gasteiger partial charge in [0.05, 0.1) is 6.54 Å². The molecule has 2 heterocycles. The smallest absolute Gasteiger partial charge is 0.240 e. The Hall–Kier alpha value is -0.940. The van der Waals surface area contributed by atoms with Crippen LogP contribution < -0.4 is 5.73 Å². The molecule has 2 N–H and O–H groups in total. The van der Waals surface area contributed by atoms with Gasteiger partial charge in [0.1, 0.15) is 0 Å². The summed E-state index contributed by atoms with van der Waals surface area (Å²) < 4.78 is 5.11. The third kappa shape index (κ3) is 2.54. The zero-order valence-electron chi connectivity index (χ0n) is 9.31. The maximum Gasteiger partial charge on any atom is 0.240 e. The molecular weight excluding hydrogens is 192 g/mol. The van der Waals surface area contributed by atoms with Crippen molar-refractivity contribution in [3.8, 4) is 0 Å². The standard InChI is InChI=1S/C10H18N4O/c1-7-5-9(11)3-4-14(7)6-10-12-8(2)13-15-10/h7,9H,3-6,11H2,1-2H3. The van der Waals surface area contributed by atoms with Gasteiger partial charge >= 0.3 is 0 Å². The highest BCUT2D eigenvalue weighted by Gasteiger charge is 2.24. The Morgan fingerprint density at radius 2 is 2.40 bits per heavy atom. The number of likely N-dealkylation sites (tertiary alicyclic amines) is 1. The Kier molecular flexibility index (Phi) is 3.02. The number of hydrogen-bond acceptors (Lipinski definition) is 5. The lowest BCUT2D eigenvalue weighted by Gasteiger charge is -2.35. The summed E-state index contributed by atoms with van der Waals surface area (Å²) in [5.41, 5.74) is 5.91. The number of aryl methyl sites for hydroxylation is 1. The fourth-order valence-corrected chi connectivity index (χ4v) is 2.07. The van der Waals surface area contributed by atoms with Crippen LogP contribution in [0.2, 0.25) is 0 Å². The molecule has 2 atom stereocenters. The maximum absolute atomic E-state index is 5.91. The molecule has 1 saturated heterocycles. The van der Waals surface area contributed by atoms with E-state index in [1.54, 1.807) is 0 Å². The molecule has 2 rings (SSSR count). The summed E-state index contributed by atoms with van der Waals surface area (Å²) in [5, 5.41) is 3.78. The molecule has 84 valence electrons. The molecule has 15 heavy (non-hydrogen) atoms. The average molecular weight is 210 g/mol. The van der Waals surface area contributed by atoms with Crippen molar-refractivity contribution in [2.24, 2.45) is 5.73 Å². The summed E-state index contributed by atoms with van der Waals surface area (Å²) in [6, 6.07) is 0.849. The lowest BCUT2D eigenvalue weighted by Crippen LogP contribution is -2.45. The minimum Gasteiger partial charge on any atom is -0.338 e. The number of rotatable bonds is 2. The van der Waals surface area contributed by atoms with Crippen LogP contribution >= 0.6 is 0 Å². The molecular formula is C10H18N4O. The molecule has 0 radical (unpaired) electrons. The third-order valence-corrected chi connectivity index (χ3v) is 2.96. The molecule has 1 aliphatic heterocycles. The van der Waals surface area contributed by atoms with E-state index in [1.165, 1.54) is 0 Å². The summed E-state index contributed by atoms with van der Waals surface area (Å²) in [4.78, 5) is 6.55. The van der Waals surface area contributed by atoms with Crippen LogP contribution in [0.1, 0.15) is 31.5 Å². The average Bonchev–Trinajstić information content (AvgIpc) is 2.56. The Morgan fingerprint density at radius 3 is 3.00 bits per heavy atom. The lowest BCUT2D eigenvalue weighted by atomic mass is 9.99. The van der Waals surface area contributed by atoms with Crippen LogP contribution in [0.15, 0.2) is 4.52 Å². The highest BCUT2D eigenvalue weighted by atomic mass is 16.5. The first-order valence-electron chi connectivity index (χ1n) is 5.44. The lowest BCUT2D eigenvalue weighted by molar-refractivity contribution is 0.124. The van der Waals surface area contributed by atoms with Gasteiger partial charge in [0.2, 0.25) is 5.89 Å². The van der Waals surface area contributed by atoms with Gasteiger partial charge in [-0.1, -0.05) is 5.16 Å². The topological polar surface area (TPSA) is 68.2 Å². The van der Waals surface area contributed by atoms with Crippen molar-refractivity contribution in [2.45, 2.75) is 45.3 Å². The number of aromatic nitrogens is 2. The Bertz CT molecular complexity index is 325. The van der Waals surface area contributed by atoms with Crippen molar-refractivity contribution in [1.82, 2.24) is 15.0 Å². The van der Waals surface area contributed by atoms with E-state index in [4.69, 9.17) is 10.3 Å². The summed E-state index contributed by atoms with van der Waals surface area (Å²) in [6.07, 6.45) is 2.10. The fourth-order valence-electron chi connectivity index (χ4n) is 2.07. The predicted molar refractivity (Wildman–Crippen MR) is 56.1 cm³/mol. The summed E-state index contributed by atoms with van der Waals surface area (Å²) in [7, 11) is 0. The molecule has 1 aromatic heterocycles. The van der Waals surface area contributed by atoms with Gasteiger partial charge in [-0.3, -0.25) is 4.90 Å². The second-order valence-corrected chi connectivity index (χ2v) is 4.34. The van der Waals surface area contributed by atoms with Crippen LogP contribution in [-0.2, 0) is 6.54 Å². The van der Waals surface area contributed by atoms with Gasteiger partial charge in [-0.2, -0.15) is 4.98 Å². The van der Waals surface area contributed by atoms with Gasteiger partial charge in [0.25, 0.3) is 0 Å². The molecule has 2 unspecified atom stereocenters. The van der Waals surface area contributed by atoms with Crippen molar-refractivity contribution >= 4 is 0 Å². The van der Waals surface area contributed by atoms with Gasteiger partial charge in [0.15, 0.2) is 5.82 Å². The summed E-state index contributed by atoms with van der Waals surface area (Å²) >= 11 is 0. The van der Waals surface area contributed by atoms with Crippen LogP contribution in [0.5, 0.6) is 0 Å². The highest BCUT2D eigenvalue weighted by Crippen LogP contribution is 2.17. The van der Waals surface area contributed by atoms with E-state index in [1.807, 2.05) is 6.92 Å². The van der Waals surface area contributed by atoms with Crippen molar-refractivity contribution in [3.05, 3.63) is 11.7 Å². The fraction of sp³-hybridized carbons (Fsp3) is 0.800. The second-order valence-electron chi connectivity index (χ2n) is 4.34. The first-order valence-corrected chi connectivity index (χ1v) is 5.44. The largest absolute Gasteiger partial charge is 0.338 e. The van der Waals surface area contributed by atoms with Crippen molar-refractivity contribution in [2.75, 3.05) is 6.54 Å². The van der Waals surface area contributed by atoms with Crippen LogP contribution in [0.3, 0.4) is 0 Å². The monoisotopic (exact) mass is 210 g/mol. The molecule has 5 heteroatoms. The van der Waals surface area contributed by atoms with Gasteiger partial charge in [-0.15, -0.1) is 0 Å². The van der Waals surface area contributed by atoms with Gasteiger partial charge < -0.3 is 10.3 Å². The first-order chi connectivity index (χ1) is 7.15. The molecule has 0 aromatic carbocycles. The molecule has 1 aliphatic rings. The molecule has 5 nitrogen and oxygen atoms in total. The molecule has 1 fully saturated rings. The van der Waals surface area contributed by atoms with Crippen LogP contribution in [-0.4, -0.2) is 33.7 Å². The quantitative estimate of drug-likeness (QED) is 0.777. The van der Waals surface area contributed by atoms with Crippen LogP contribution in [0.4, 0.5) is 0 Å². The van der Waals surface area contributed by atoms with Gasteiger partial charge in [0, 0.05) is 18.6 Å². The maximum atomic E-state index is 5.91.